The van der Waals surface area contributed by atoms with Gasteiger partial charge in [0.15, 0.2) is 0 Å². The van der Waals surface area contributed by atoms with E-state index in [-0.39, 0.29) is 5.54 Å². The summed E-state index contributed by atoms with van der Waals surface area (Å²) in [5.41, 5.74) is 2.89. The summed E-state index contributed by atoms with van der Waals surface area (Å²) in [6.45, 7) is 9.19. The first kappa shape index (κ1) is 11.0. The smallest absolute Gasteiger partial charge is 0.0380 e. The monoisotopic (exact) mass is 267 g/mol. The topological polar surface area (TPSA) is 12.0 Å². The van der Waals surface area contributed by atoms with Crippen molar-refractivity contribution in [2.24, 2.45) is 5.92 Å². The molecule has 2 atom stereocenters. The van der Waals surface area contributed by atoms with E-state index in [9.17, 15) is 0 Å². The lowest BCUT2D eigenvalue weighted by atomic mass is 9.73. The van der Waals surface area contributed by atoms with Crippen LogP contribution in [0.3, 0.4) is 0 Å². The molecule has 1 aliphatic rings. The molecule has 0 aliphatic carbocycles. The van der Waals surface area contributed by atoms with Gasteiger partial charge in [-0.3, -0.25) is 0 Å². The summed E-state index contributed by atoms with van der Waals surface area (Å²) >= 11 is 3.54. The molecule has 2 heteroatoms. The molecule has 0 spiro atoms. The highest BCUT2D eigenvalue weighted by Crippen LogP contribution is 2.43. The summed E-state index contributed by atoms with van der Waals surface area (Å²) in [6, 6.07) is 6.51. The van der Waals surface area contributed by atoms with E-state index in [4.69, 9.17) is 0 Å². The zero-order chi connectivity index (χ0) is 11.2. The van der Waals surface area contributed by atoms with E-state index in [1.54, 1.807) is 0 Å². The van der Waals surface area contributed by atoms with Crippen molar-refractivity contribution < 1.29 is 0 Å². The summed E-state index contributed by atoms with van der Waals surface area (Å²) in [6.07, 6.45) is 0. The number of benzene rings is 1. The molecule has 0 saturated heterocycles. The standard InChI is InChI=1S/C13H18BrN/c1-8-9(2)13(3,4)15-12-6-5-10(14)7-11(8)12/h5-9,15H,1-4H3. The zero-order valence-corrected chi connectivity index (χ0v) is 11.4. The molecule has 0 amide bonds. The fraction of sp³-hybridized carbons (Fsp3) is 0.538. The fourth-order valence-corrected chi connectivity index (χ4v) is 2.76. The second-order valence-electron chi connectivity index (χ2n) is 5.16. The van der Waals surface area contributed by atoms with Gasteiger partial charge in [-0.15, -0.1) is 0 Å². The van der Waals surface area contributed by atoms with E-state index >= 15 is 0 Å². The number of hydrogen-bond acceptors (Lipinski definition) is 1. The van der Waals surface area contributed by atoms with Gasteiger partial charge in [0.25, 0.3) is 0 Å². The van der Waals surface area contributed by atoms with Gasteiger partial charge in [-0.1, -0.05) is 29.8 Å². The minimum atomic E-state index is 0.181. The van der Waals surface area contributed by atoms with Gasteiger partial charge in [-0.2, -0.15) is 0 Å². The summed E-state index contributed by atoms with van der Waals surface area (Å²) < 4.78 is 1.17. The molecule has 0 fully saturated rings. The van der Waals surface area contributed by atoms with Crippen LogP contribution in [0.1, 0.15) is 39.2 Å². The van der Waals surface area contributed by atoms with Gasteiger partial charge in [0, 0.05) is 15.7 Å². The number of halogens is 1. The Morgan fingerprint density at radius 3 is 2.60 bits per heavy atom. The van der Waals surface area contributed by atoms with E-state index in [0.717, 1.165) is 0 Å². The van der Waals surface area contributed by atoms with Crippen molar-refractivity contribution in [1.29, 1.82) is 0 Å². The quantitative estimate of drug-likeness (QED) is 0.735. The Bertz CT molecular complexity index is 384. The number of rotatable bonds is 0. The SMILES string of the molecule is CC1c2cc(Br)ccc2NC(C)(C)C1C. The van der Waals surface area contributed by atoms with Gasteiger partial charge in [-0.25, -0.2) is 0 Å². The average Bonchev–Trinajstić information content (AvgIpc) is 2.16. The van der Waals surface area contributed by atoms with Crippen LogP contribution in [-0.4, -0.2) is 5.54 Å². The van der Waals surface area contributed by atoms with Gasteiger partial charge < -0.3 is 5.32 Å². The van der Waals surface area contributed by atoms with E-state index in [1.807, 2.05) is 0 Å². The molecule has 1 N–H and O–H groups in total. The van der Waals surface area contributed by atoms with Crippen LogP contribution in [0.4, 0.5) is 5.69 Å². The molecule has 2 rings (SSSR count). The van der Waals surface area contributed by atoms with Crippen molar-refractivity contribution in [2.75, 3.05) is 5.32 Å². The number of nitrogens with one attached hydrogen (secondary N) is 1. The van der Waals surface area contributed by atoms with Crippen molar-refractivity contribution in [2.45, 2.75) is 39.2 Å². The second-order valence-corrected chi connectivity index (χ2v) is 6.07. The summed E-state index contributed by atoms with van der Waals surface area (Å²) in [7, 11) is 0. The highest BCUT2D eigenvalue weighted by Gasteiger charge is 2.36. The molecule has 1 aliphatic heterocycles. The van der Waals surface area contributed by atoms with Crippen LogP contribution in [0.15, 0.2) is 22.7 Å². The van der Waals surface area contributed by atoms with Crippen molar-refractivity contribution in [3.05, 3.63) is 28.2 Å². The highest BCUT2D eigenvalue weighted by molar-refractivity contribution is 9.10. The number of fused-ring (bicyclic) bond motifs is 1. The molecule has 1 aromatic rings. The lowest BCUT2D eigenvalue weighted by molar-refractivity contribution is 0.316. The molecule has 1 nitrogen and oxygen atoms in total. The molecule has 82 valence electrons. The van der Waals surface area contributed by atoms with Crippen LogP contribution in [-0.2, 0) is 0 Å². The Kier molecular flexibility index (Phi) is 2.58. The van der Waals surface area contributed by atoms with E-state index < -0.39 is 0 Å². The Hall–Kier alpha value is -0.500. The molecule has 2 unspecified atom stereocenters. The molecule has 1 heterocycles. The van der Waals surface area contributed by atoms with Crippen LogP contribution in [0, 0.1) is 5.92 Å². The minimum Gasteiger partial charge on any atom is -0.380 e. The lowest BCUT2D eigenvalue weighted by Gasteiger charge is -2.43. The molecule has 0 aromatic heterocycles. The van der Waals surface area contributed by atoms with Crippen molar-refractivity contribution >= 4 is 21.6 Å². The normalized spacial score (nSPS) is 28.1. The first-order valence-electron chi connectivity index (χ1n) is 5.49. The summed E-state index contributed by atoms with van der Waals surface area (Å²) in [5.74, 6) is 1.24. The van der Waals surface area contributed by atoms with Crippen LogP contribution >= 0.6 is 15.9 Å². The third kappa shape index (κ3) is 1.80. The van der Waals surface area contributed by atoms with Crippen LogP contribution in [0.2, 0.25) is 0 Å². The molecule has 0 saturated carbocycles. The maximum absolute atomic E-state index is 3.62. The summed E-state index contributed by atoms with van der Waals surface area (Å²) in [5, 5.41) is 3.62. The van der Waals surface area contributed by atoms with Crippen molar-refractivity contribution in [3.8, 4) is 0 Å². The minimum absolute atomic E-state index is 0.181. The van der Waals surface area contributed by atoms with E-state index in [1.165, 1.54) is 15.7 Å². The second kappa shape index (κ2) is 3.51. The van der Waals surface area contributed by atoms with Crippen molar-refractivity contribution in [3.63, 3.8) is 0 Å². The predicted octanol–water partition coefficient (Wildman–Crippen LogP) is 4.39. The average molecular weight is 268 g/mol. The largest absolute Gasteiger partial charge is 0.380 e. The van der Waals surface area contributed by atoms with Gasteiger partial charge in [0.2, 0.25) is 0 Å². The van der Waals surface area contributed by atoms with Crippen molar-refractivity contribution in [1.82, 2.24) is 0 Å². The maximum atomic E-state index is 3.62. The Labute approximate surface area is 100 Å². The molecule has 1 aromatic carbocycles. The molecule has 0 bridgehead atoms. The lowest BCUT2D eigenvalue weighted by Crippen LogP contribution is -2.44. The third-order valence-electron chi connectivity index (χ3n) is 3.85. The number of anilines is 1. The van der Waals surface area contributed by atoms with Gasteiger partial charge in [0.1, 0.15) is 0 Å². The van der Waals surface area contributed by atoms with E-state index in [0.29, 0.717) is 11.8 Å². The van der Waals surface area contributed by atoms with Gasteiger partial charge in [-0.05, 0) is 49.4 Å². The molecular weight excluding hydrogens is 250 g/mol. The van der Waals surface area contributed by atoms with Crippen LogP contribution in [0.5, 0.6) is 0 Å². The molecular formula is C13H18BrN. The van der Waals surface area contributed by atoms with Crippen LogP contribution < -0.4 is 5.32 Å². The third-order valence-corrected chi connectivity index (χ3v) is 4.34. The highest BCUT2D eigenvalue weighted by atomic mass is 79.9. The van der Waals surface area contributed by atoms with Gasteiger partial charge >= 0.3 is 0 Å². The first-order valence-corrected chi connectivity index (χ1v) is 6.29. The summed E-state index contributed by atoms with van der Waals surface area (Å²) in [4.78, 5) is 0. The molecule has 0 radical (unpaired) electrons. The van der Waals surface area contributed by atoms with E-state index in [2.05, 4.69) is 67.1 Å². The van der Waals surface area contributed by atoms with Crippen LogP contribution in [0.25, 0.3) is 0 Å². The first-order chi connectivity index (χ1) is 6.92. The Balaban J connectivity index is 2.50. The Morgan fingerprint density at radius 1 is 1.27 bits per heavy atom. The fourth-order valence-electron chi connectivity index (χ4n) is 2.38. The zero-order valence-electron chi connectivity index (χ0n) is 9.76. The Morgan fingerprint density at radius 2 is 1.93 bits per heavy atom. The van der Waals surface area contributed by atoms with Gasteiger partial charge in [0.05, 0.1) is 0 Å². The maximum Gasteiger partial charge on any atom is 0.0380 e. The predicted molar refractivity (Wildman–Crippen MR) is 69.4 cm³/mol. The molecule has 15 heavy (non-hydrogen) atoms. The number of hydrogen-bond donors (Lipinski definition) is 1.